The number of halogens is 1. The number of rotatable bonds is 6. The van der Waals surface area contributed by atoms with Crippen LogP contribution in [0.4, 0.5) is 0 Å². The van der Waals surface area contributed by atoms with Crippen LogP contribution in [0.15, 0.2) is 23.2 Å². The third-order valence-electron chi connectivity index (χ3n) is 4.03. The third kappa shape index (κ3) is 6.19. The molecule has 0 saturated carbocycles. The first-order valence-electron chi connectivity index (χ1n) is 8.56. The Morgan fingerprint density at radius 1 is 1.16 bits per heavy atom. The second kappa shape index (κ2) is 10.7. The molecular formula is C17H27IN4O3. The van der Waals surface area contributed by atoms with Gasteiger partial charge in [0.15, 0.2) is 17.5 Å². The number of morpholine rings is 1. The molecule has 1 fully saturated rings. The molecule has 2 aliphatic heterocycles. The topological polar surface area (TPSA) is 67.4 Å². The summed E-state index contributed by atoms with van der Waals surface area (Å²) in [7, 11) is 0. The Hall–Kier alpha value is -1.26. The van der Waals surface area contributed by atoms with Crippen LogP contribution in [-0.2, 0) is 11.3 Å². The highest BCUT2D eigenvalue weighted by molar-refractivity contribution is 14.0. The van der Waals surface area contributed by atoms with Crippen molar-refractivity contribution in [3.05, 3.63) is 23.8 Å². The molecule has 1 aromatic carbocycles. The Morgan fingerprint density at radius 2 is 1.96 bits per heavy atom. The summed E-state index contributed by atoms with van der Waals surface area (Å²) in [4.78, 5) is 7.05. The van der Waals surface area contributed by atoms with Crippen molar-refractivity contribution < 1.29 is 14.2 Å². The quantitative estimate of drug-likeness (QED) is 0.379. The molecule has 2 N–H and O–H groups in total. The fourth-order valence-corrected chi connectivity index (χ4v) is 2.71. The average Bonchev–Trinajstić information content (AvgIpc) is 3.08. The van der Waals surface area contributed by atoms with Gasteiger partial charge in [-0.05, 0) is 24.6 Å². The van der Waals surface area contributed by atoms with E-state index in [0.29, 0.717) is 13.3 Å². The minimum absolute atomic E-state index is 0. The largest absolute Gasteiger partial charge is 0.454 e. The number of aliphatic imine (C=N–C) groups is 1. The smallest absolute Gasteiger partial charge is 0.231 e. The first-order valence-corrected chi connectivity index (χ1v) is 8.56. The normalized spacial score (nSPS) is 17.1. The van der Waals surface area contributed by atoms with Crippen LogP contribution in [-0.4, -0.2) is 63.6 Å². The second-order valence-electron chi connectivity index (χ2n) is 5.76. The highest BCUT2D eigenvalue weighted by Crippen LogP contribution is 2.32. The Kier molecular flexibility index (Phi) is 8.56. The maximum absolute atomic E-state index is 5.41. The van der Waals surface area contributed by atoms with E-state index in [1.807, 2.05) is 18.2 Å². The Morgan fingerprint density at radius 3 is 2.76 bits per heavy atom. The van der Waals surface area contributed by atoms with Crippen LogP contribution in [0.3, 0.4) is 0 Å². The molecule has 3 rings (SSSR count). The van der Waals surface area contributed by atoms with Crippen LogP contribution in [0.25, 0.3) is 0 Å². The van der Waals surface area contributed by atoms with E-state index in [2.05, 4.69) is 27.4 Å². The van der Waals surface area contributed by atoms with E-state index in [4.69, 9.17) is 14.2 Å². The highest BCUT2D eigenvalue weighted by atomic mass is 127. The summed E-state index contributed by atoms with van der Waals surface area (Å²) in [6.45, 7) is 9.35. The van der Waals surface area contributed by atoms with E-state index in [9.17, 15) is 0 Å². The Labute approximate surface area is 166 Å². The van der Waals surface area contributed by atoms with Gasteiger partial charge in [-0.2, -0.15) is 0 Å². The molecule has 0 unspecified atom stereocenters. The lowest BCUT2D eigenvalue weighted by atomic mass is 10.2. The third-order valence-corrected chi connectivity index (χ3v) is 4.03. The van der Waals surface area contributed by atoms with Crippen LogP contribution < -0.4 is 20.1 Å². The van der Waals surface area contributed by atoms with Gasteiger partial charge in [0.1, 0.15) is 0 Å². The molecule has 7 nitrogen and oxygen atoms in total. The summed E-state index contributed by atoms with van der Waals surface area (Å²) in [5, 5.41) is 6.67. The van der Waals surface area contributed by atoms with E-state index in [1.165, 1.54) is 0 Å². The van der Waals surface area contributed by atoms with Crippen LogP contribution in [0.5, 0.6) is 11.5 Å². The minimum atomic E-state index is 0. The Bertz CT molecular complexity index is 565. The van der Waals surface area contributed by atoms with Gasteiger partial charge in [-0.25, -0.2) is 4.99 Å². The van der Waals surface area contributed by atoms with E-state index >= 15 is 0 Å². The first-order chi connectivity index (χ1) is 11.8. The number of fused-ring (bicyclic) bond motifs is 1. The first kappa shape index (κ1) is 20.1. The predicted molar refractivity (Wildman–Crippen MR) is 108 cm³/mol. The molecule has 140 valence electrons. The molecule has 2 heterocycles. The van der Waals surface area contributed by atoms with Gasteiger partial charge in [-0.3, -0.25) is 4.90 Å². The number of hydrogen-bond donors (Lipinski definition) is 2. The summed E-state index contributed by atoms with van der Waals surface area (Å²) in [5.41, 5.74) is 1.10. The summed E-state index contributed by atoms with van der Waals surface area (Å²) in [6, 6.07) is 5.95. The molecule has 1 aromatic rings. The van der Waals surface area contributed by atoms with Gasteiger partial charge in [-0.1, -0.05) is 6.07 Å². The molecule has 0 atom stereocenters. The van der Waals surface area contributed by atoms with E-state index in [-0.39, 0.29) is 24.0 Å². The van der Waals surface area contributed by atoms with Gasteiger partial charge >= 0.3 is 0 Å². The van der Waals surface area contributed by atoms with Crippen molar-refractivity contribution in [2.45, 2.75) is 13.5 Å². The minimum Gasteiger partial charge on any atom is -0.454 e. The predicted octanol–water partition coefficient (Wildman–Crippen LogP) is 1.42. The molecule has 0 radical (unpaired) electrons. The zero-order chi connectivity index (χ0) is 16.6. The van der Waals surface area contributed by atoms with Gasteiger partial charge in [0.2, 0.25) is 6.79 Å². The number of ether oxygens (including phenoxy) is 3. The van der Waals surface area contributed by atoms with Crippen LogP contribution in [0.2, 0.25) is 0 Å². The van der Waals surface area contributed by atoms with E-state index in [1.54, 1.807) is 0 Å². The molecule has 8 heteroatoms. The standard InChI is InChI=1S/C17H26N4O3.HI/c1-2-18-17(19-5-6-21-7-9-22-10-8-21)20-12-14-3-4-15-16(11-14)24-13-23-15;/h3-4,11H,2,5-10,12-13H2,1H3,(H2,18,19,20);1H. The van der Waals surface area contributed by atoms with Crippen molar-refractivity contribution >= 4 is 29.9 Å². The number of hydrogen-bond acceptors (Lipinski definition) is 5. The van der Waals surface area contributed by atoms with Crippen LogP contribution in [0.1, 0.15) is 12.5 Å². The molecule has 0 spiro atoms. The van der Waals surface area contributed by atoms with Gasteiger partial charge in [-0.15, -0.1) is 24.0 Å². The summed E-state index contributed by atoms with van der Waals surface area (Å²) < 4.78 is 16.1. The van der Waals surface area contributed by atoms with Crippen molar-refractivity contribution in [2.75, 3.05) is 52.7 Å². The van der Waals surface area contributed by atoms with Gasteiger partial charge in [0.05, 0.1) is 19.8 Å². The van der Waals surface area contributed by atoms with Crippen LogP contribution in [0, 0.1) is 0 Å². The Balaban J connectivity index is 0.00000225. The molecule has 0 aliphatic carbocycles. The van der Waals surface area contributed by atoms with Crippen LogP contribution >= 0.6 is 24.0 Å². The van der Waals surface area contributed by atoms with Gasteiger partial charge < -0.3 is 24.8 Å². The number of nitrogens with zero attached hydrogens (tertiary/aromatic N) is 2. The molecular weight excluding hydrogens is 435 g/mol. The number of guanidine groups is 1. The SMILES string of the molecule is CCNC(=NCc1ccc2c(c1)OCO2)NCCN1CCOCC1.I. The van der Waals surface area contributed by atoms with Gasteiger partial charge in [0.25, 0.3) is 0 Å². The molecule has 1 saturated heterocycles. The summed E-state index contributed by atoms with van der Waals surface area (Å²) in [6.07, 6.45) is 0. The van der Waals surface area contributed by atoms with Crippen molar-refractivity contribution in [2.24, 2.45) is 4.99 Å². The zero-order valence-electron chi connectivity index (χ0n) is 14.6. The van der Waals surface area contributed by atoms with Crippen molar-refractivity contribution in [3.63, 3.8) is 0 Å². The number of benzene rings is 1. The zero-order valence-corrected chi connectivity index (χ0v) is 17.0. The van der Waals surface area contributed by atoms with E-state index in [0.717, 1.165) is 69.0 Å². The average molecular weight is 462 g/mol. The molecule has 0 amide bonds. The molecule has 0 aromatic heterocycles. The lowest BCUT2D eigenvalue weighted by molar-refractivity contribution is 0.0389. The fourth-order valence-electron chi connectivity index (χ4n) is 2.71. The summed E-state index contributed by atoms with van der Waals surface area (Å²) >= 11 is 0. The highest BCUT2D eigenvalue weighted by Gasteiger charge is 2.13. The lowest BCUT2D eigenvalue weighted by Gasteiger charge is -2.26. The van der Waals surface area contributed by atoms with Crippen molar-refractivity contribution in [3.8, 4) is 11.5 Å². The lowest BCUT2D eigenvalue weighted by Crippen LogP contribution is -2.44. The van der Waals surface area contributed by atoms with Crippen molar-refractivity contribution in [1.29, 1.82) is 0 Å². The summed E-state index contributed by atoms with van der Waals surface area (Å²) in [5.74, 6) is 2.44. The molecule has 2 aliphatic rings. The van der Waals surface area contributed by atoms with E-state index < -0.39 is 0 Å². The number of nitrogens with one attached hydrogen (secondary N) is 2. The molecule has 0 bridgehead atoms. The maximum Gasteiger partial charge on any atom is 0.231 e. The fraction of sp³-hybridized carbons (Fsp3) is 0.588. The van der Waals surface area contributed by atoms with Crippen molar-refractivity contribution in [1.82, 2.24) is 15.5 Å². The molecule has 25 heavy (non-hydrogen) atoms. The maximum atomic E-state index is 5.41. The second-order valence-corrected chi connectivity index (χ2v) is 5.76. The van der Waals surface area contributed by atoms with Gasteiger partial charge in [0, 0.05) is 32.7 Å². The monoisotopic (exact) mass is 462 g/mol.